The van der Waals surface area contributed by atoms with Gasteiger partial charge in [-0.1, -0.05) is 11.6 Å². The molecule has 0 aliphatic carbocycles. The van der Waals surface area contributed by atoms with Gasteiger partial charge < -0.3 is 10.1 Å². The van der Waals surface area contributed by atoms with Crippen LogP contribution in [0, 0.1) is 0 Å². The van der Waals surface area contributed by atoms with Gasteiger partial charge in [-0.15, -0.1) is 11.3 Å². The standard InChI is InChI=1S/C11H19ClN4OS/c1-8(9-4-5-10(12)18-9)15-11(16-13)14-6-3-7-17-2/h4-5,8H,3,6-7,13H2,1-2H3,(H2,14,15,16). The first-order valence-corrected chi connectivity index (χ1v) is 6.88. The molecule has 4 N–H and O–H groups in total. The molecule has 7 heteroatoms. The second-order valence-corrected chi connectivity index (χ2v) is 5.48. The predicted molar refractivity (Wildman–Crippen MR) is 77.0 cm³/mol. The van der Waals surface area contributed by atoms with Gasteiger partial charge in [0.2, 0.25) is 5.96 Å². The highest BCUT2D eigenvalue weighted by Crippen LogP contribution is 2.26. The molecule has 1 unspecified atom stereocenters. The maximum Gasteiger partial charge on any atom is 0.206 e. The number of rotatable bonds is 6. The lowest BCUT2D eigenvalue weighted by Gasteiger charge is -2.15. The van der Waals surface area contributed by atoms with Crippen LogP contribution in [0.5, 0.6) is 0 Å². The third kappa shape index (κ3) is 5.22. The van der Waals surface area contributed by atoms with Gasteiger partial charge >= 0.3 is 0 Å². The summed E-state index contributed by atoms with van der Waals surface area (Å²) in [6.07, 6.45) is 0.864. The van der Waals surface area contributed by atoms with Gasteiger partial charge in [-0.05, 0) is 25.5 Å². The van der Waals surface area contributed by atoms with Gasteiger partial charge in [0.25, 0.3) is 0 Å². The fourth-order valence-corrected chi connectivity index (χ4v) is 2.43. The van der Waals surface area contributed by atoms with Gasteiger partial charge in [0.05, 0.1) is 10.4 Å². The lowest BCUT2D eigenvalue weighted by Crippen LogP contribution is -2.42. The number of thiophene rings is 1. The number of nitrogens with two attached hydrogens (primary N) is 1. The normalized spacial score (nSPS) is 13.4. The summed E-state index contributed by atoms with van der Waals surface area (Å²) in [7, 11) is 1.67. The smallest absolute Gasteiger partial charge is 0.206 e. The highest BCUT2D eigenvalue weighted by molar-refractivity contribution is 7.16. The zero-order valence-corrected chi connectivity index (χ0v) is 12.1. The third-order valence-electron chi connectivity index (χ3n) is 2.29. The van der Waals surface area contributed by atoms with Crippen LogP contribution in [0.4, 0.5) is 0 Å². The topological polar surface area (TPSA) is 71.7 Å². The molecule has 0 spiro atoms. The number of methoxy groups -OCH3 is 1. The first-order chi connectivity index (χ1) is 8.67. The van der Waals surface area contributed by atoms with E-state index < -0.39 is 0 Å². The number of ether oxygens (including phenoxy) is 1. The van der Waals surface area contributed by atoms with Crippen LogP contribution >= 0.6 is 22.9 Å². The molecule has 1 rings (SSSR count). The Labute approximate surface area is 116 Å². The van der Waals surface area contributed by atoms with Gasteiger partial charge in [-0.25, -0.2) is 5.84 Å². The Morgan fingerprint density at radius 3 is 2.94 bits per heavy atom. The maximum atomic E-state index is 5.90. The van der Waals surface area contributed by atoms with Crippen LogP contribution in [0.2, 0.25) is 4.34 Å². The lowest BCUT2D eigenvalue weighted by molar-refractivity contribution is 0.197. The van der Waals surface area contributed by atoms with Crippen LogP contribution in [0.3, 0.4) is 0 Å². The second kappa shape index (κ2) is 8.31. The minimum Gasteiger partial charge on any atom is -0.385 e. The molecule has 0 aromatic carbocycles. The van der Waals surface area contributed by atoms with Crippen molar-refractivity contribution in [3.8, 4) is 0 Å². The molecule has 0 aliphatic rings. The van der Waals surface area contributed by atoms with E-state index in [0.29, 0.717) is 19.1 Å². The van der Waals surface area contributed by atoms with Crippen LogP contribution in [0.1, 0.15) is 24.3 Å². The van der Waals surface area contributed by atoms with E-state index in [2.05, 4.69) is 15.7 Å². The zero-order valence-electron chi connectivity index (χ0n) is 10.6. The summed E-state index contributed by atoms with van der Waals surface area (Å²) in [5.74, 6) is 5.99. The molecular formula is C11H19ClN4OS. The predicted octanol–water partition coefficient (Wildman–Crippen LogP) is 1.91. The van der Waals surface area contributed by atoms with Crippen molar-refractivity contribution in [1.29, 1.82) is 0 Å². The molecule has 0 bridgehead atoms. The van der Waals surface area contributed by atoms with E-state index in [1.54, 1.807) is 7.11 Å². The van der Waals surface area contributed by atoms with Gasteiger partial charge in [-0.2, -0.15) is 0 Å². The van der Waals surface area contributed by atoms with E-state index in [-0.39, 0.29) is 6.04 Å². The van der Waals surface area contributed by atoms with Crippen molar-refractivity contribution < 1.29 is 4.74 Å². The van der Waals surface area contributed by atoms with Crippen molar-refractivity contribution in [3.05, 3.63) is 21.3 Å². The Hall–Kier alpha value is -0.820. The Morgan fingerprint density at radius 2 is 2.39 bits per heavy atom. The van der Waals surface area contributed by atoms with Crippen LogP contribution in [-0.4, -0.2) is 26.2 Å². The molecule has 0 aliphatic heterocycles. The first kappa shape index (κ1) is 15.2. The van der Waals surface area contributed by atoms with Crippen LogP contribution in [-0.2, 0) is 4.74 Å². The van der Waals surface area contributed by atoms with Gasteiger partial charge in [0.1, 0.15) is 0 Å². The minimum atomic E-state index is 0.111. The number of halogens is 1. The van der Waals surface area contributed by atoms with Crippen LogP contribution in [0.25, 0.3) is 0 Å². The Balaban J connectivity index is 2.46. The molecule has 1 aromatic rings. The second-order valence-electron chi connectivity index (χ2n) is 3.73. The molecule has 0 amide bonds. The van der Waals surface area contributed by atoms with E-state index in [4.69, 9.17) is 22.2 Å². The highest BCUT2D eigenvalue weighted by atomic mass is 35.5. The number of nitrogens with one attached hydrogen (secondary N) is 2. The summed E-state index contributed by atoms with van der Waals surface area (Å²) in [5, 5.41) is 3.20. The Morgan fingerprint density at radius 1 is 1.61 bits per heavy atom. The molecule has 1 heterocycles. The Bertz CT molecular complexity index is 383. The number of hydrogen-bond donors (Lipinski definition) is 3. The number of hydrazine groups is 1. The number of nitrogens with zero attached hydrogens (tertiary/aromatic N) is 1. The van der Waals surface area contributed by atoms with Gasteiger partial charge in [0, 0.05) is 25.1 Å². The Kier molecular flexibility index (Phi) is 7.04. The molecule has 18 heavy (non-hydrogen) atoms. The number of aliphatic imine (C=N–C) groups is 1. The quantitative estimate of drug-likeness (QED) is 0.246. The van der Waals surface area contributed by atoms with Crippen molar-refractivity contribution in [2.24, 2.45) is 10.8 Å². The molecule has 102 valence electrons. The number of hydrogen-bond acceptors (Lipinski definition) is 4. The van der Waals surface area contributed by atoms with E-state index in [0.717, 1.165) is 15.6 Å². The monoisotopic (exact) mass is 290 g/mol. The SMILES string of the molecule is COCCCN=C(NN)NC(C)c1ccc(Cl)s1. The fourth-order valence-electron chi connectivity index (χ4n) is 1.37. The average molecular weight is 291 g/mol. The minimum absolute atomic E-state index is 0.111. The molecule has 1 atom stereocenters. The molecule has 5 nitrogen and oxygen atoms in total. The summed E-state index contributed by atoms with van der Waals surface area (Å²) < 4.78 is 5.73. The van der Waals surface area contributed by atoms with E-state index in [9.17, 15) is 0 Å². The molecular weight excluding hydrogens is 272 g/mol. The highest BCUT2D eigenvalue weighted by Gasteiger charge is 2.09. The zero-order chi connectivity index (χ0) is 13.4. The van der Waals surface area contributed by atoms with E-state index in [1.807, 2.05) is 19.1 Å². The van der Waals surface area contributed by atoms with Crippen molar-refractivity contribution >= 4 is 28.9 Å². The summed E-state index contributed by atoms with van der Waals surface area (Å²) in [5.41, 5.74) is 2.56. The summed E-state index contributed by atoms with van der Waals surface area (Å²) >= 11 is 7.44. The molecule has 1 aromatic heterocycles. The largest absolute Gasteiger partial charge is 0.385 e. The summed E-state index contributed by atoms with van der Waals surface area (Å²) in [6, 6.07) is 3.98. The van der Waals surface area contributed by atoms with E-state index >= 15 is 0 Å². The summed E-state index contributed by atoms with van der Waals surface area (Å²) in [4.78, 5) is 5.45. The van der Waals surface area contributed by atoms with Crippen molar-refractivity contribution in [1.82, 2.24) is 10.7 Å². The number of guanidine groups is 1. The molecule has 0 saturated heterocycles. The maximum absolute atomic E-state index is 5.90. The van der Waals surface area contributed by atoms with Crippen LogP contribution < -0.4 is 16.6 Å². The average Bonchev–Trinajstić information content (AvgIpc) is 2.79. The van der Waals surface area contributed by atoms with Gasteiger partial charge in [-0.3, -0.25) is 10.4 Å². The van der Waals surface area contributed by atoms with Crippen LogP contribution in [0.15, 0.2) is 17.1 Å². The van der Waals surface area contributed by atoms with Gasteiger partial charge in [0.15, 0.2) is 0 Å². The van der Waals surface area contributed by atoms with Crippen molar-refractivity contribution in [3.63, 3.8) is 0 Å². The lowest BCUT2D eigenvalue weighted by atomic mass is 10.3. The first-order valence-electron chi connectivity index (χ1n) is 5.69. The molecule has 0 fully saturated rings. The van der Waals surface area contributed by atoms with Crippen molar-refractivity contribution in [2.75, 3.05) is 20.3 Å². The third-order valence-corrected chi connectivity index (χ3v) is 3.70. The molecule has 0 saturated carbocycles. The van der Waals surface area contributed by atoms with Crippen molar-refractivity contribution in [2.45, 2.75) is 19.4 Å². The molecule has 0 radical (unpaired) electrons. The summed E-state index contributed by atoms with van der Waals surface area (Å²) in [6.45, 7) is 3.39. The van der Waals surface area contributed by atoms with E-state index in [1.165, 1.54) is 11.3 Å². The fraction of sp³-hybridized carbons (Fsp3) is 0.545.